The molecule has 13 nitrogen and oxygen atoms in total. The lowest BCUT2D eigenvalue weighted by Gasteiger charge is -2.24. The second-order valence-corrected chi connectivity index (χ2v) is 10.8. The minimum absolute atomic E-state index is 0.0795. The van der Waals surface area contributed by atoms with Crippen LogP contribution in [0.4, 0.5) is 22.0 Å². The van der Waals surface area contributed by atoms with E-state index in [1.807, 2.05) is 32.0 Å². The highest BCUT2D eigenvalue weighted by Gasteiger charge is 2.56. The van der Waals surface area contributed by atoms with Crippen LogP contribution in [0.3, 0.4) is 0 Å². The van der Waals surface area contributed by atoms with E-state index < -0.39 is 36.4 Å². The van der Waals surface area contributed by atoms with Crippen LogP contribution in [0.15, 0.2) is 67.3 Å². The van der Waals surface area contributed by atoms with Crippen LogP contribution < -0.4 is 16.0 Å². The van der Waals surface area contributed by atoms with E-state index in [0.717, 1.165) is 0 Å². The Bertz CT molecular complexity index is 1670. The van der Waals surface area contributed by atoms with Crippen molar-refractivity contribution in [2.45, 2.75) is 63.9 Å². The van der Waals surface area contributed by atoms with Crippen molar-refractivity contribution in [1.82, 2.24) is 19.5 Å². The lowest BCUT2D eigenvalue weighted by Crippen LogP contribution is -2.30. The number of Topliss-reactive ketones (excluding diaryl/α,β-unsaturated/α-hetero) is 1. The number of hydrogen-bond donors (Lipinski definition) is 3. The van der Waals surface area contributed by atoms with E-state index in [1.165, 1.54) is 13.3 Å². The summed E-state index contributed by atoms with van der Waals surface area (Å²) in [4.78, 5) is 50.2. The number of imidazole rings is 1. The van der Waals surface area contributed by atoms with Gasteiger partial charge in [-0.2, -0.15) is 0 Å². The van der Waals surface area contributed by atoms with Crippen molar-refractivity contribution in [3.63, 3.8) is 0 Å². The van der Waals surface area contributed by atoms with E-state index in [4.69, 9.17) is 14.2 Å². The molecule has 13 heteroatoms. The van der Waals surface area contributed by atoms with Gasteiger partial charge in [-0.3, -0.25) is 19.5 Å². The third-order valence-corrected chi connectivity index (χ3v) is 7.23. The summed E-state index contributed by atoms with van der Waals surface area (Å²) in [5.74, 6) is -0.923. The number of nitrogens with one attached hydrogen (secondary N) is 3. The topological polar surface area (TPSA) is 159 Å². The molecule has 6 rings (SSSR count). The smallest absolute Gasteiger partial charge is 0.324 e. The number of para-hydroxylation sites is 1. The minimum Gasteiger partial charge on any atom is -0.349 e. The monoisotopic (exact) mass is 585 g/mol. The zero-order chi connectivity index (χ0) is 30.1. The van der Waals surface area contributed by atoms with Crippen molar-refractivity contribution >= 4 is 46.1 Å². The third-order valence-electron chi connectivity index (χ3n) is 7.23. The number of fused-ring (bicyclic) bond motifs is 2. The molecule has 3 N–H and O–H groups in total. The fourth-order valence-corrected chi connectivity index (χ4v) is 5.35. The van der Waals surface area contributed by atoms with Crippen LogP contribution >= 0.6 is 0 Å². The van der Waals surface area contributed by atoms with Gasteiger partial charge in [-0.05, 0) is 51.5 Å². The molecular weight excluding hydrogens is 554 g/mol. The van der Waals surface area contributed by atoms with E-state index in [9.17, 15) is 14.4 Å². The van der Waals surface area contributed by atoms with Gasteiger partial charge in [0.1, 0.15) is 18.5 Å². The van der Waals surface area contributed by atoms with Crippen LogP contribution in [0.5, 0.6) is 0 Å². The largest absolute Gasteiger partial charge is 0.349 e. The highest BCUT2D eigenvalue weighted by Crippen LogP contribution is 2.45. The van der Waals surface area contributed by atoms with Gasteiger partial charge in [0.15, 0.2) is 34.8 Å². The average molecular weight is 586 g/mol. The molecule has 2 aliphatic rings. The number of carbonyl (C=O) groups is 3. The molecule has 4 aromatic rings. The quantitative estimate of drug-likeness (QED) is 0.253. The molecule has 2 fully saturated rings. The van der Waals surface area contributed by atoms with Crippen molar-refractivity contribution in [2.75, 3.05) is 16.0 Å². The standard InChI is InChI=1S/C30H31N7O6/c1-17(38)18-8-7-11-20(14-18)34-22(39)13-12-21-24-25(43-30(2,3)42-24)28(41-21)37-16-33-23-26(31-15-32-27(23)37)36-29(40)35-19-9-5-4-6-10-19/h4-11,14-16,21,24-25,28H,12-13H2,1-3H3,(H,34,39)(H2,31,32,35,36,40). The van der Waals surface area contributed by atoms with E-state index in [0.29, 0.717) is 34.5 Å². The molecule has 4 heterocycles. The zero-order valence-electron chi connectivity index (χ0n) is 23.8. The van der Waals surface area contributed by atoms with Gasteiger partial charge in [0.2, 0.25) is 5.91 Å². The number of aromatic nitrogens is 4. The first-order chi connectivity index (χ1) is 20.7. The Kier molecular flexibility index (Phi) is 7.61. The predicted molar refractivity (Wildman–Crippen MR) is 156 cm³/mol. The van der Waals surface area contributed by atoms with E-state index in [-0.39, 0.29) is 23.9 Å². The number of rotatable bonds is 8. The van der Waals surface area contributed by atoms with E-state index >= 15 is 0 Å². The van der Waals surface area contributed by atoms with Crippen LogP contribution in [0.1, 0.15) is 50.2 Å². The Morgan fingerprint density at radius 2 is 1.67 bits per heavy atom. The van der Waals surface area contributed by atoms with Gasteiger partial charge in [-0.25, -0.2) is 19.7 Å². The first-order valence-corrected chi connectivity index (χ1v) is 13.9. The number of anilines is 3. The molecule has 0 saturated carbocycles. The molecular formula is C30H31N7O6. The second kappa shape index (κ2) is 11.5. The number of hydrogen-bond acceptors (Lipinski definition) is 9. The van der Waals surface area contributed by atoms with Crippen molar-refractivity contribution in [2.24, 2.45) is 0 Å². The van der Waals surface area contributed by atoms with Crippen LogP contribution in [0.25, 0.3) is 11.2 Å². The molecule has 222 valence electrons. The van der Waals surface area contributed by atoms with Gasteiger partial charge in [-0.1, -0.05) is 30.3 Å². The Morgan fingerprint density at radius 3 is 2.47 bits per heavy atom. The van der Waals surface area contributed by atoms with Crippen LogP contribution in [0, 0.1) is 0 Å². The van der Waals surface area contributed by atoms with Crippen LogP contribution in [-0.4, -0.2) is 61.3 Å². The summed E-state index contributed by atoms with van der Waals surface area (Å²) in [5, 5.41) is 8.33. The van der Waals surface area contributed by atoms with Crippen molar-refractivity contribution in [3.8, 4) is 0 Å². The summed E-state index contributed by atoms with van der Waals surface area (Å²) in [6.07, 6.45) is 1.37. The lowest BCUT2D eigenvalue weighted by molar-refractivity contribution is -0.197. The SMILES string of the molecule is CC(=O)c1cccc(NC(=O)CCC2OC(n3cnc4c(NC(=O)Nc5ccccc5)ncnc43)C3OC(C)(C)OC23)c1. The van der Waals surface area contributed by atoms with Crippen molar-refractivity contribution in [3.05, 3.63) is 72.8 Å². The maximum atomic E-state index is 12.8. The van der Waals surface area contributed by atoms with Gasteiger partial charge >= 0.3 is 6.03 Å². The fraction of sp³-hybridized carbons (Fsp3) is 0.333. The third kappa shape index (κ3) is 6.09. The molecule has 2 aliphatic heterocycles. The van der Waals surface area contributed by atoms with Gasteiger partial charge in [-0.15, -0.1) is 0 Å². The molecule has 4 atom stereocenters. The molecule has 0 radical (unpaired) electrons. The Labute approximate surface area is 247 Å². The molecule has 3 amide bonds. The molecule has 43 heavy (non-hydrogen) atoms. The van der Waals surface area contributed by atoms with Crippen LogP contribution in [0.2, 0.25) is 0 Å². The van der Waals surface area contributed by atoms with Gasteiger partial charge in [0.05, 0.1) is 12.4 Å². The Balaban J connectivity index is 1.17. The number of amides is 3. The molecule has 0 bridgehead atoms. The number of urea groups is 1. The number of benzene rings is 2. The zero-order valence-corrected chi connectivity index (χ0v) is 23.8. The molecule has 2 aromatic carbocycles. The van der Waals surface area contributed by atoms with Crippen molar-refractivity contribution < 1.29 is 28.6 Å². The second-order valence-electron chi connectivity index (χ2n) is 10.8. The normalized spacial score (nSPS) is 22.2. The maximum Gasteiger partial charge on any atom is 0.324 e. The number of nitrogens with zero attached hydrogens (tertiary/aromatic N) is 4. The summed E-state index contributed by atoms with van der Waals surface area (Å²) in [6.45, 7) is 5.14. The minimum atomic E-state index is -0.862. The molecule has 2 aromatic heterocycles. The van der Waals surface area contributed by atoms with Gasteiger partial charge in [0, 0.05) is 23.4 Å². The summed E-state index contributed by atoms with van der Waals surface area (Å²) < 4.78 is 20.6. The van der Waals surface area contributed by atoms with E-state index in [1.54, 1.807) is 47.3 Å². The lowest BCUT2D eigenvalue weighted by atomic mass is 10.1. The number of carbonyl (C=O) groups excluding carboxylic acids is 3. The van der Waals surface area contributed by atoms with Gasteiger partial charge in [0.25, 0.3) is 0 Å². The summed E-state index contributed by atoms with van der Waals surface area (Å²) in [6, 6.07) is 15.4. The molecule has 0 aliphatic carbocycles. The highest BCUT2D eigenvalue weighted by atomic mass is 16.8. The highest BCUT2D eigenvalue weighted by molar-refractivity contribution is 6.03. The number of ether oxygens (including phenoxy) is 3. The van der Waals surface area contributed by atoms with Crippen LogP contribution in [-0.2, 0) is 19.0 Å². The maximum absolute atomic E-state index is 12.8. The van der Waals surface area contributed by atoms with Crippen molar-refractivity contribution in [1.29, 1.82) is 0 Å². The number of ketones is 1. The molecule has 4 unspecified atom stereocenters. The summed E-state index contributed by atoms with van der Waals surface area (Å²) >= 11 is 0. The summed E-state index contributed by atoms with van der Waals surface area (Å²) in [5.41, 5.74) is 2.51. The molecule has 0 spiro atoms. The Hall–Kier alpha value is -4.72. The predicted octanol–water partition coefficient (Wildman–Crippen LogP) is 4.51. The van der Waals surface area contributed by atoms with Gasteiger partial charge < -0.3 is 24.8 Å². The summed E-state index contributed by atoms with van der Waals surface area (Å²) in [7, 11) is 0. The van der Waals surface area contributed by atoms with E-state index in [2.05, 4.69) is 30.9 Å². The Morgan fingerprint density at radius 1 is 0.907 bits per heavy atom. The molecule has 2 saturated heterocycles. The average Bonchev–Trinajstić information content (AvgIpc) is 3.63. The first kappa shape index (κ1) is 28.4. The fourth-order valence-electron chi connectivity index (χ4n) is 5.35. The first-order valence-electron chi connectivity index (χ1n) is 13.9.